The molecule has 0 unspecified atom stereocenters. The average Bonchev–Trinajstić information content (AvgIpc) is 2.11. The maximum absolute atomic E-state index is 11.1. The fourth-order valence-electron chi connectivity index (χ4n) is 1.56. The van der Waals surface area contributed by atoms with E-state index in [1.807, 2.05) is 11.9 Å². The Labute approximate surface area is 82.3 Å². The highest BCUT2D eigenvalue weighted by molar-refractivity contribution is 5.73. The van der Waals surface area contributed by atoms with Crippen molar-refractivity contribution < 1.29 is 4.79 Å². The molecular weight excluding hydrogens is 162 g/mol. The molecule has 2 heteroatoms. The molecule has 13 heavy (non-hydrogen) atoms. The topological polar surface area (TPSA) is 20.3 Å². The number of unbranched alkanes of at least 4 members (excludes halogenated alkanes) is 1. The second kappa shape index (κ2) is 6.93. The van der Waals surface area contributed by atoms with Gasteiger partial charge in [-0.3, -0.25) is 4.79 Å². The monoisotopic (exact) mass is 185 g/mol. The van der Waals surface area contributed by atoms with Crippen LogP contribution < -0.4 is 0 Å². The number of nitrogens with zero attached hydrogens (tertiary/aromatic N) is 1. The van der Waals surface area contributed by atoms with E-state index in [2.05, 4.69) is 13.8 Å². The number of hydrogen-bond acceptors (Lipinski definition) is 1. The molecule has 1 amide bonds. The molecule has 0 aliphatic heterocycles. The highest BCUT2D eigenvalue weighted by atomic mass is 16.2. The van der Waals surface area contributed by atoms with E-state index in [4.69, 9.17) is 0 Å². The summed E-state index contributed by atoms with van der Waals surface area (Å²) < 4.78 is 0. The van der Waals surface area contributed by atoms with Crippen LogP contribution in [0, 0.1) is 0 Å². The van der Waals surface area contributed by atoms with Crippen molar-refractivity contribution in [3.63, 3.8) is 0 Å². The minimum atomic E-state index is 0.189. The molecule has 2 nitrogen and oxygen atoms in total. The lowest BCUT2D eigenvalue weighted by Gasteiger charge is -2.26. The Morgan fingerprint density at radius 3 is 2.23 bits per heavy atom. The van der Waals surface area contributed by atoms with Gasteiger partial charge in [-0.1, -0.05) is 33.1 Å². The zero-order valence-electron chi connectivity index (χ0n) is 9.47. The summed E-state index contributed by atoms with van der Waals surface area (Å²) >= 11 is 0. The molecule has 0 rings (SSSR count). The average molecular weight is 185 g/mol. The van der Waals surface area contributed by atoms with Crippen molar-refractivity contribution in [2.24, 2.45) is 0 Å². The Balaban J connectivity index is 3.98. The van der Waals surface area contributed by atoms with Crippen LogP contribution in [-0.4, -0.2) is 23.9 Å². The Morgan fingerprint density at radius 2 is 1.85 bits per heavy atom. The van der Waals surface area contributed by atoms with Gasteiger partial charge in [0.2, 0.25) is 5.91 Å². The van der Waals surface area contributed by atoms with Crippen molar-refractivity contribution >= 4 is 5.91 Å². The van der Waals surface area contributed by atoms with Crippen molar-refractivity contribution in [1.29, 1.82) is 0 Å². The van der Waals surface area contributed by atoms with Gasteiger partial charge in [-0.25, -0.2) is 0 Å². The van der Waals surface area contributed by atoms with Crippen molar-refractivity contribution in [3.8, 4) is 0 Å². The fourth-order valence-corrected chi connectivity index (χ4v) is 1.56. The second-order valence-electron chi connectivity index (χ2n) is 3.71. The zero-order chi connectivity index (χ0) is 10.3. The lowest BCUT2D eigenvalue weighted by molar-refractivity contribution is -0.129. The van der Waals surface area contributed by atoms with Gasteiger partial charge in [0.25, 0.3) is 0 Å². The third-order valence-corrected chi connectivity index (χ3v) is 2.56. The Kier molecular flexibility index (Phi) is 6.65. The van der Waals surface area contributed by atoms with Crippen molar-refractivity contribution in [2.75, 3.05) is 7.05 Å². The first-order valence-electron chi connectivity index (χ1n) is 5.36. The summed E-state index contributed by atoms with van der Waals surface area (Å²) in [7, 11) is 1.92. The van der Waals surface area contributed by atoms with Gasteiger partial charge in [-0.15, -0.1) is 0 Å². The van der Waals surface area contributed by atoms with Gasteiger partial charge in [-0.2, -0.15) is 0 Å². The van der Waals surface area contributed by atoms with Crippen molar-refractivity contribution in [3.05, 3.63) is 0 Å². The van der Waals surface area contributed by atoms with E-state index in [-0.39, 0.29) is 5.91 Å². The van der Waals surface area contributed by atoms with Gasteiger partial charge in [0, 0.05) is 20.0 Å². The summed E-state index contributed by atoms with van der Waals surface area (Å²) in [5, 5.41) is 0. The van der Waals surface area contributed by atoms with E-state index in [0.29, 0.717) is 6.04 Å². The van der Waals surface area contributed by atoms with Gasteiger partial charge >= 0.3 is 0 Å². The molecule has 0 radical (unpaired) electrons. The maximum atomic E-state index is 11.1. The quantitative estimate of drug-likeness (QED) is 0.623. The van der Waals surface area contributed by atoms with Crippen LogP contribution in [0.15, 0.2) is 0 Å². The molecular formula is C11H23NO. The van der Waals surface area contributed by atoms with Gasteiger partial charge < -0.3 is 4.90 Å². The SMILES string of the molecule is CCCC[C@@H](CCC)N(C)C(C)=O. The first kappa shape index (κ1) is 12.5. The largest absolute Gasteiger partial charge is 0.343 e. The maximum Gasteiger partial charge on any atom is 0.219 e. The third-order valence-electron chi connectivity index (χ3n) is 2.56. The molecule has 0 spiro atoms. The van der Waals surface area contributed by atoms with Crippen LogP contribution in [-0.2, 0) is 4.79 Å². The Bertz CT molecular complexity index is 145. The number of amides is 1. The van der Waals surface area contributed by atoms with Gasteiger partial charge in [0.05, 0.1) is 0 Å². The molecule has 0 saturated heterocycles. The van der Waals surface area contributed by atoms with Crippen LogP contribution in [0.25, 0.3) is 0 Å². The third kappa shape index (κ3) is 4.91. The van der Waals surface area contributed by atoms with Crippen LogP contribution in [0.2, 0.25) is 0 Å². The molecule has 0 bridgehead atoms. The molecule has 0 aliphatic carbocycles. The smallest absolute Gasteiger partial charge is 0.219 e. The van der Waals surface area contributed by atoms with Gasteiger partial charge in [0.1, 0.15) is 0 Å². The highest BCUT2D eigenvalue weighted by Gasteiger charge is 2.14. The lowest BCUT2D eigenvalue weighted by atomic mass is 10.0. The molecule has 0 aromatic heterocycles. The van der Waals surface area contributed by atoms with Gasteiger partial charge in [-0.05, 0) is 12.8 Å². The van der Waals surface area contributed by atoms with E-state index in [1.54, 1.807) is 6.92 Å². The van der Waals surface area contributed by atoms with E-state index in [9.17, 15) is 4.79 Å². The minimum absolute atomic E-state index is 0.189. The first-order valence-corrected chi connectivity index (χ1v) is 5.36. The van der Waals surface area contributed by atoms with Crippen LogP contribution >= 0.6 is 0 Å². The summed E-state index contributed by atoms with van der Waals surface area (Å²) in [6.45, 7) is 6.01. The fraction of sp³-hybridized carbons (Fsp3) is 0.909. The summed E-state index contributed by atoms with van der Waals surface area (Å²) in [6, 6.07) is 0.461. The van der Waals surface area contributed by atoms with E-state index < -0.39 is 0 Å². The molecule has 0 N–H and O–H groups in total. The number of rotatable bonds is 6. The Hall–Kier alpha value is -0.530. The Morgan fingerprint density at radius 1 is 1.23 bits per heavy atom. The number of hydrogen-bond donors (Lipinski definition) is 0. The summed E-state index contributed by atoms with van der Waals surface area (Å²) in [6.07, 6.45) is 5.89. The van der Waals surface area contributed by atoms with Crippen LogP contribution in [0.1, 0.15) is 52.9 Å². The molecule has 0 saturated carbocycles. The van der Waals surface area contributed by atoms with Crippen molar-refractivity contribution in [1.82, 2.24) is 4.90 Å². The molecule has 0 aliphatic rings. The van der Waals surface area contributed by atoms with E-state index in [1.165, 1.54) is 12.8 Å². The molecule has 78 valence electrons. The first-order chi connectivity index (χ1) is 6.13. The molecule has 0 aromatic rings. The zero-order valence-corrected chi connectivity index (χ0v) is 9.47. The van der Waals surface area contributed by atoms with Crippen molar-refractivity contribution in [2.45, 2.75) is 58.9 Å². The normalized spacial score (nSPS) is 12.6. The van der Waals surface area contributed by atoms with Crippen LogP contribution in [0.3, 0.4) is 0 Å². The molecule has 0 fully saturated rings. The summed E-state index contributed by atoms with van der Waals surface area (Å²) in [5.74, 6) is 0.189. The summed E-state index contributed by atoms with van der Waals surface area (Å²) in [4.78, 5) is 13.0. The van der Waals surface area contributed by atoms with Gasteiger partial charge in [0.15, 0.2) is 0 Å². The van der Waals surface area contributed by atoms with Crippen LogP contribution in [0.4, 0.5) is 0 Å². The molecule has 0 heterocycles. The van der Waals surface area contributed by atoms with Crippen LogP contribution in [0.5, 0.6) is 0 Å². The van der Waals surface area contributed by atoms with E-state index >= 15 is 0 Å². The number of carbonyl (C=O) groups is 1. The predicted molar refractivity (Wildman–Crippen MR) is 56.7 cm³/mol. The predicted octanol–water partition coefficient (Wildman–Crippen LogP) is 2.82. The number of carbonyl (C=O) groups excluding carboxylic acids is 1. The molecule has 0 aromatic carbocycles. The second-order valence-corrected chi connectivity index (χ2v) is 3.71. The standard InChI is InChI=1S/C11H23NO/c1-5-7-9-11(8-6-2)12(4)10(3)13/h11H,5-9H2,1-4H3/t11-/m1/s1. The lowest BCUT2D eigenvalue weighted by Crippen LogP contribution is -2.35. The highest BCUT2D eigenvalue weighted by Crippen LogP contribution is 2.12. The van der Waals surface area contributed by atoms with E-state index in [0.717, 1.165) is 19.3 Å². The minimum Gasteiger partial charge on any atom is -0.343 e. The summed E-state index contributed by atoms with van der Waals surface area (Å²) in [5.41, 5.74) is 0. The molecule has 1 atom stereocenters.